The molecule has 1 fully saturated rings. The quantitative estimate of drug-likeness (QED) is 0.701. The van der Waals surface area contributed by atoms with Crippen LogP contribution in [0, 0.1) is 12.8 Å². The van der Waals surface area contributed by atoms with Crippen LogP contribution in [0.2, 0.25) is 0 Å². The minimum absolute atomic E-state index is 0.223. The fourth-order valence-electron chi connectivity index (χ4n) is 3.44. The normalized spacial score (nSPS) is 18.5. The van der Waals surface area contributed by atoms with Gasteiger partial charge in [0.2, 0.25) is 0 Å². The summed E-state index contributed by atoms with van der Waals surface area (Å²) in [6, 6.07) is 12.4. The number of hydrogen-bond donors (Lipinski definition) is 1. The Morgan fingerprint density at radius 2 is 1.93 bits per heavy atom. The largest absolute Gasteiger partial charge is 0.417 e. The summed E-state index contributed by atoms with van der Waals surface area (Å²) in [5.74, 6) is 0.852. The maximum atomic E-state index is 12.7. The van der Waals surface area contributed by atoms with Gasteiger partial charge in [0, 0.05) is 12.7 Å². The van der Waals surface area contributed by atoms with E-state index in [9.17, 15) is 18.0 Å². The van der Waals surface area contributed by atoms with E-state index in [0.29, 0.717) is 29.6 Å². The first kappa shape index (κ1) is 19.2. The van der Waals surface area contributed by atoms with Crippen molar-refractivity contribution in [1.29, 1.82) is 0 Å². The number of halogens is 3. The van der Waals surface area contributed by atoms with Crippen LogP contribution in [-0.2, 0) is 6.18 Å². The van der Waals surface area contributed by atoms with E-state index in [1.807, 2.05) is 18.2 Å². The number of hydrogen-bond acceptors (Lipinski definition) is 3. The van der Waals surface area contributed by atoms with Crippen molar-refractivity contribution in [2.24, 2.45) is 5.92 Å². The summed E-state index contributed by atoms with van der Waals surface area (Å²) in [5.41, 5.74) is 1.35. The lowest BCUT2D eigenvalue weighted by Crippen LogP contribution is -2.26. The zero-order valence-electron chi connectivity index (χ0n) is 15.6. The van der Waals surface area contributed by atoms with Crippen molar-refractivity contribution in [3.8, 4) is 5.82 Å². The zero-order valence-corrected chi connectivity index (χ0v) is 15.6. The molecular weight excluding hydrogens is 381 g/mol. The first-order valence-corrected chi connectivity index (χ1v) is 9.26. The van der Waals surface area contributed by atoms with Gasteiger partial charge in [-0.15, -0.1) is 0 Å². The van der Waals surface area contributed by atoms with Gasteiger partial charge in [0.1, 0.15) is 0 Å². The number of nitrogens with zero attached hydrogens (tertiary/aromatic N) is 3. The Hall–Kier alpha value is -3.16. The molecule has 0 radical (unpaired) electrons. The van der Waals surface area contributed by atoms with Gasteiger partial charge in [0.15, 0.2) is 5.82 Å². The Kier molecular flexibility index (Phi) is 4.86. The van der Waals surface area contributed by atoms with Gasteiger partial charge in [-0.3, -0.25) is 4.79 Å². The fourth-order valence-corrected chi connectivity index (χ4v) is 3.44. The van der Waals surface area contributed by atoms with Crippen molar-refractivity contribution >= 4 is 5.91 Å². The molecule has 0 aliphatic heterocycles. The average Bonchev–Trinajstić information content (AvgIpc) is 3.39. The van der Waals surface area contributed by atoms with Gasteiger partial charge in [0.05, 0.1) is 23.0 Å². The molecule has 8 heteroatoms. The van der Waals surface area contributed by atoms with E-state index in [-0.39, 0.29) is 11.7 Å². The Morgan fingerprint density at radius 3 is 2.59 bits per heavy atom. The molecule has 1 aliphatic rings. The summed E-state index contributed by atoms with van der Waals surface area (Å²) in [5, 5.41) is 7.05. The van der Waals surface area contributed by atoms with Gasteiger partial charge in [-0.2, -0.15) is 18.3 Å². The maximum Gasteiger partial charge on any atom is 0.417 e. The molecule has 29 heavy (non-hydrogen) atoms. The number of pyridine rings is 1. The molecule has 150 valence electrons. The highest BCUT2D eigenvalue weighted by atomic mass is 19.4. The molecule has 2 aromatic heterocycles. The van der Waals surface area contributed by atoms with Crippen molar-refractivity contribution in [3.63, 3.8) is 0 Å². The first-order valence-electron chi connectivity index (χ1n) is 9.26. The molecule has 1 saturated carbocycles. The highest BCUT2D eigenvalue weighted by molar-refractivity contribution is 5.95. The second-order valence-electron chi connectivity index (χ2n) is 7.18. The molecule has 2 unspecified atom stereocenters. The lowest BCUT2D eigenvalue weighted by molar-refractivity contribution is -0.137. The fraction of sp³-hybridized carbons (Fsp3) is 0.286. The van der Waals surface area contributed by atoms with Crippen LogP contribution in [0.3, 0.4) is 0 Å². The number of benzene rings is 1. The van der Waals surface area contributed by atoms with Gasteiger partial charge in [-0.1, -0.05) is 30.3 Å². The molecule has 2 atom stereocenters. The van der Waals surface area contributed by atoms with Crippen LogP contribution < -0.4 is 5.32 Å². The van der Waals surface area contributed by atoms with Gasteiger partial charge in [-0.05, 0) is 42.9 Å². The van der Waals surface area contributed by atoms with E-state index in [2.05, 4.69) is 27.5 Å². The Morgan fingerprint density at radius 1 is 1.17 bits per heavy atom. The third-order valence-electron chi connectivity index (χ3n) is 5.22. The number of carbonyl (C=O) groups excluding carboxylic acids is 1. The second-order valence-corrected chi connectivity index (χ2v) is 7.18. The summed E-state index contributed by atoms with van der Waals surface area (Å²) in [6.45, 7) is 2.26. The standard InChI is InChI=1S/C21H19F3N4O/c1-13-18(12-27-28(13)19-8-7-16(11-25-19)21(22,23)24)20(29)26-10-15-9-17(15)14-5-3-2-4-6-14/h2-8,11-12,15,17H,9-10H2,1H3,(H,26,29). The minimum Gasteiger partial charge on any atom is -0.352 e. The van der Waals surface area contributed by atoms with Crippen LogP contribution in [0.25, 0.3) is 5.82 Å². The molecule has 1 aliphatic carbocycles. The highest BCUT2D eigenvalue weighted by Crippen LogP contribution is 2.46. The van der Waals surface area contributed by atoms with E-state index in [1.54, 1.807) is 6.92 Å². The number of alkyl halides is 3. The van der Waals surface area contributed by atoms with Crippen molar-refractivity contribution < 1.29 is 18.0 Å². The minimum atomic E-state index is -4.45. The van der Waals surface area contributed by atoms with Gasteiger partial charge < -0.3 is 5.32 Å². The molecule has 2 heterocycles. The SMILES string of the molecule is Cc1c(C(=O)NCC2CC2c2ccccc2)cnn1-c1ccc(C(F)(F)F)cn1. The van der Waals surface area contributed by atoms with Gasteiger partial charge in [-0.25, -0.2) is 9.67 Å². The molecule has 3 aromatic rings. The Labute approximate surface area is 165 Å². The predicted molar refractivity (Wildman–Crippen MR) is 101 cm³/mol. The molecule has 5 nitrogen and oxygen atoms in total. The number of amides is 1. The maximum absolute atomic E-state index is 12.7. The van der Waals surface area contributed by atoms with Gasteiger partial charge in [0.25, 0.3) is 5.91 Å². The van der Waals surface area contributed by atoms with E-state index in [4.69, 9.17) is 0 Å². The summed E-state index contributed by atoms with van der Waals surface area (Å²) < 4.78 is 39.4. The molecule has 0 bridgehead atoms. The third kappa shape index (κ3) is 4.01. The van der Waals surface area contributed by atoms with Crippen LogP contribution in [0.4, 0.5) is 13.2 Å². The van der Waals surface area contributed by atoms with E-state index < -0.39 is 11.7 Å². The van der Waals surface area contributed by atoms with Crippen molar-refractivity contribution in [2.45, 2.75) is 25.4 Å². The van der Waals surface area contributed by atoms with Crippen LogP contribution in [0.5, 0.6) is 0 Å². The topological polar surface area (TPSA) is 59.8 Å². The first-order chi connectivity index (χ1) is 13.8. The summed E-state index contributed by atoms with van der Waals surface area (Å²) in [6.07, 6.45) is -1.24. The number of carbonyl (C=O) groups is 1. The number of rotatable bonds is 5. The number of aromatic nitrogens is 3. The molecule has 4 rings (SSSR count). The monoisotopic (exact) mass is 400 g/mol. The van der Waals surface area contributed by atoms with Crippen LogP contribution >= 0.6 is 0 Å². The Bertz CT molecular complexity index is 1010. The lowest BCUT2D eigenvalue weighted by atomic mass is 10.1. The molecule has 1 N–H and O–H groups in total. The molecule has 0 saturated heterocycles. The second kappa shape index (κ2) is 7.35. The summed E-state index contributed by atoms with van der Waals surface area (Å²) >= 11 is 0. The molecule has 1 aromatic carbocycles. The zero-order chi connectivity index (χ0) is 20.6. The third-order valence-corrected chi connectivity index (χ3v) is 5.22. The Balaban J connectivity index is 1.40. The van der Waals surface area contributed by atoms with Crippen molar-refractivity contribution in [1.82, 2.24) is 20.1 Å². The number of nitrogens with one attached hydrogen (secondary N) is 1. The molecule has 0 spiro atoms. The van der Waals surface area contributed by atoms with Crippen molar-refractivity contribution in [2.75, 3.05) is 6.54 Å². The van der Waals surface area contributed by atoms with Crippen LogP contribution in [0.15, 0.2) is 54.9 Å². The predicted octanol–water partition coefficient (Wildman–Crippen LogP) is 4.13. The van der Waals surface area contributed by atoms with E-state index in [1.165, 1.54) is 22.5 Å². The van der Waals surface area contributed by atoms with Gasteiger partial charge >= 0.3 is 6.18 Å². The summed E-state index contributed by atoms with van der Waals surface area (Å²) in [7, 11) is 0. The molecular formula is C21H19F3N4O. The van der Waals surface area contributed by atoms with Crippen LogP contribution in [0.1, 0.15) is 39.5 Å². The van der Waals surface area contributed by atoms with Crippen molar-refractivity contribution in [3.05, 3.63) is 77.2 Å². The lowest BCUT2D eigenvalue weighted by Gasteiger charge is -2.08. The van der Waals surface area contributed by atoms with E-state index >= 15 is 0 Å². The smallest absolute Gasteiger partial charge is 0.352 e. The highest BCUT2D eigenvalue weighted by Gasteiger charge is 2.38. The molecule has 1 amide bonds. The average molecular weight is 400 g/mol. The van der Waals surface area contributed by atoms with Crippen LogP contribution in [-0.4, -0.2) is 27.2 Å². The van der Waals surface area contributed by atoms with E-state index in [0.717, 1.165) is 18.7 Å². The summed E-state index contributed by atoms with van der Waals surface area (Å²) in [4.78, 5) is 16.4.